The summed E-state index contributed by atoms with van der Waals surface area (Å²) in [5, 5.41) is 9.40. The average Bonchev–Trinajstić information content (AvgIpc) is 2.86. The second-order valence-electron chi connectivity index (χ2n) is 3.72. The molecule has 0 aliphatic heterocycles. The van der Waals surface area contributed by atoms with E-state index in [0.717, 1.165) is 0 Å². The quantitative estimate of drug-likeness (QED) is 0.659. The minimum absolute atomic E-state index is 0.356. The Labute approximate surface area is 112 Å². The molecule has 2 rings (SSSR count). The second kappa shape index (κ2) is 6.08. The van der Waals surface area contributed by atoms with Gasteiger partial charge in [-0.1, -0.05) is 0 Å². The Morgan fingerprint density at radius 2 is 1.94 bits per heavy atom. The molecule has 1 unspecified atom stereocenters. The Balaban J connectivity index is 2.19. The number of rotatable bonds is 2. The molecule has 1 aromatic heterocycles. The molecule has 0 fully saturated rings. The van der Waals surface area contributed by atoms with Crippen molar-refractivity contribution in [2.45, 2.75) is 19.4 Å². The molecule has 2 heteroatoms. The van der Waals surface area contributed by atoms with E-state index in [4.69, 9.17) is 0 Å². The Kier molecular flexibility index (Phi) is 4.46. The van der Waals surface area contributed by atoms with Gasteiger partial charge in [0, 0.05) is 0 Å². The molecule has 17 heavy (non-hydrogen) atoms. The summed E-state index contributed by atoms with van der Waals surface area (Å²) in [6.07, 6.45) is 0.212. The van der Waals surface area contributed by atoms with E-state index in [1.165, 1.54) is 12.7 Å². The van der Waals surface area contributed by atoms with Gasteiger partial charge in [-0.3, -0.25) is 0 Å². The summed E-state index contributed by atoms with van der Waals surface area (Å²) < 4.78 is 2.63. The van der Waals surface area contributed by atoms with Gasteiger partial charge in [0.1, 0.15) is 0 Å². The Bertz CT molecular complexity index is 531. The van der Waals surface area contributed by atoms with Crippen LogP contribution in [0, 0.1) is 11.8 Å². The first kappa shape index (κ1) is 12.5. The van der Waals surface area contributed by atoms with E-state index in [1.54, 1.807) is 0 Å². The van der Waals surface area contributed by atoms with Gasteiger partial charge in [-0.15, -0.1) is 0 Å². The monoisotopic (exact) mass is 340 g/mol. The summed E-state index contributed by atoms with van der Waals surface area (Å²) in [4.78, 5) is 0. The predicted octanol–water partition coefficient (Wildman–Crippen LogP) is 2.53. The van der Waals surface area contributed by atoms with Crippen LogP contribution in [0.2, 0.25) is 0 Å². The SMILES string of the molecule is CCC(O)C#Cc1ccc(-c2ccccc2)[te]1. The molecule has 0 bridgehead atoms. The number of aliphatic hydroxyl groups is 1. The van der Waals surface area contributed by atoms with E-state index in [9.17, 15) is 5.11 Å². The van der Waals surface area contributed by atoms with Gasteiger partial charge in [0.25, 0.3) is 0 Å². The third-order valence-electron chi connectivity index (χ3n) is 2.41. The third kappa shape index (κ3) is 3.48. The van der Waals surface area contributed by atoms with Crippen molar-refractivity contribution >= 4 is 20.4 Å². The van der Waals surface area contributed by atoms with Crippen LogP contribution in [0.4, 0.5) is 0 Å². The Morgan fingerprint density at radius 3 is 2.65 bits per heavy atom. The summed E-state index contributed by atoms with van der Waals surface area (Å²) in [5.41, 5.74) is 1.30. The van der Waals surface area contributed by atoms with Crippen molar-refractivity contribution in [2.75, 3.05) is 0 Å². The molecular formula is C15H14OTe. The first-order valence-electron chi connectivity index (χ1n) is 5.64. The maximum absolute atomic E-state index is 9.40. The normalized spacial score (nSPS) is 11.6. The van der Waals surface area contributed by atoms with Crippen molar-refractivity contribution in [2.24, 2.45) is 0 Å². The average molecular weight is 338 g/mol. The van der Waals surface area contributed by atoms with Crippen LogP contribution in [0.15, 0.2) is 42.5 Å². The summed E-state index contributed by atoms with van der Waals surface area (Å²) in [6.45, 7) is 1.94. The van der Waals surface area contributed by atoms with Gasteiger partial charge in [0.2, 0.25) is 0 Å². The van der Waals surface area contributed by atoms with E-state index in [-0.39, 0.29) is 20.4 Å². The summed E-state index contributed by atoms with van der Waals surface area (Å²) in [7, 11) is 0. The van der Waals surface area contributed by atoms with E-state index in [2.05, 4.69) is 48.2 Å². The molecular weight excluding hydrogens is 324 g/mol. The van der Waals surface area contributed by atoms with Gasteiger partial charge in [-0.25, -0.2) is 0 Å². The number of hydrogen-bond acceptors (Lipinski definition) is 1. The Morgan fingerprint density at radius 1 is 1.18 bits per heavy atom. The van der Waals surface area contributed by atoms with Gasteiger partial charge in [0.15, 0.2) is 0 Å². The van der Waals surface area contributed by atoms with Crippen LogP contribution in [-0.2, 0) is 0 Å². The molecule has 2 aromatic rings. The van der Waals surface area contributed by atoms with E-state index in [1.807, 2.05) is 13.0 Å². The molecule has 0 spiro atoms. The molecule has 1 aromatic carbocycles. The molecule has 0 saturated carbocycles. The number of benzene rings is 1. The number of aliphatic hydroxyl groups excluding tert-OH is 1. The molecule has 86 valence electrons. The summed E-state index contributed by atoms with van der Waals surface area (Å²) in [5.74, 6) is 5.98. The van der Waals surface area contributed by atoms with Gasteiger partial charge in [-0.05, 0) is 0 Å². The minimum atomic E-state index is -0.482. The van der Waals surface area contributed by atoms with Gasteiger partial charge in [-0.2, -0.15) is 0 Å². The first-order valence-corrected chi connectivity index (χ1v) is 7.97. The summed E-state index contributed by atoms with van der Waals surface area (Å²) >= 11 is -0.356. The fourth-order valence-electron chi connectivity index (χ4n) is 1.42. The fourth-order valence-corrected chi connectivity index (χ4v) is 3.91. The van der Waals surface area contributed by atoms with Crippen molar-refractivity contribution in [3.05, 3.63) is 46.0 Å². The van der Waals surface area contributed by atoms with Gasteiger partial charge < -0.3 is 0 Å². The van der Waals surface area contributed by atoms with Crippen LogP contribution in [0.1, 0.15) is 16.9 Å². The fraction of sp³-hybridized carbons (Fsp3) is 0.200. The molecule has 0 saturated heterocycles. The molecule has 1 heterocycles. The molecule has 0 radical (unpaired) electrons. The second-order valence-corrected chi connectivity index (χ2v) is 6.82. The van der Waals surface area contributed by atoms with Crippen LogP contribution in [0.5, 0.6) is 0 Å². The van der Waals surface area contributed by atoms with E-state index in [0.29, 0.717) is 6.42 Å². The predicted molar refractivity (Wildman–Crippen MR) is 72.0 cm³/mol. The third-order valence-corrected chi connectivity index (χ3v) is 5.41. The molecule has 0 aliphatic rings. The maximum atomic E-state index is 9.40. The topological polar surface area (TPSA) is 20.2 Å². The number of hydrogen-bond donors (Lipinski definition) is 1. The Hall–Kier alpha value is -0.990. The van der Waals surface area contributed by atoms with E-state index >= 15 is 0 Å². The van der Waals surface area contributed by atoms with Crippen molar-refractivity contribution in [1.82, 2.24) is 0 Å². The standard InChI is InChI=1S/C15H14OTe/c1-2-13(16)8-9-14-10-11-15(17-14)12-6-4-3-5-7-12/h3-7,10-11,13,16H,2H2,1H3. The molecule has 1 nitrogen and oxygen atoms in total. The van der Waals surface area contributed by atoms with Gasteiger partial charge in [0.05, 0.1) is 0 Å². The van der Waals surface area contributed by atoms with E-state index < -0.39 is 6.10 Å². The zero-order valence-corrected chi connectivity index (χ0v) is 12.0. The zero-order valence-electron chi connectivity index (χ0n) is 9.68. The van der Waals surface area contributed by atoms with Crippen LogP contribution in [-0.4, -0.2) is 31.6 Å². The van der Waals surface area contributed by atoms with Crippen molar-refractivity contribution in [1.29, 1.82) is 0 Å². The molecule has 1 atom stereocenters. The van der Waals surface area contributed by atoms with Crippen LogP contribution in [0.25, 0.3) is 9.14 Å². The van der Waals surface area contributed by atoms with Crippen molar-refractivity contribution in [3.8, 4) is 21.0 Å². The first-order chi connectivity index (χ1) is 8.29. The van der Waals surface area contributed by atoms with Crippen LogP contribution in [0.3, 0.4) is 0 Å². The zero-order chi connectivity index (χ0) is 12.1. The van der Waals surface area contributed by atoms with Crippen molar-refractivity contribution in [3.63, 3.8) is 0 Å². The van der Waals surface area contributed by atoms with Crippen LogP contribution < -0.4 is 0 Å². The summed E-state index contributed by atoms with van der Waals surface area (Å²) in [6, 6.07) is 14.7. The molecule has 1 N–H and O–H groups in total. The van der Waals surface area contributed by atoms with Gasteiger partial charge >= 0.3 is 112 Å². The molecule has 0 amide bonds. The molecule has 0 aliphatic carbocycles. The van der Waals surface area contributed by atoms with Crippen molar-refractivity contribution < 1.29 is 5.11 Å². The van der Waals surface area contributed by atoms with Crippen LogP contribution >= 0.6 is 0 Å².